The van der Waals surface area contributed by atoms with Crippen LogP contribution in [0, 0.1) is 0 Å². The van der Waals surface area contributed by atoms with Crippen LogP contribution < -0.4 is 0 Å². The number of carbonyl (C=O) groups excluding carboxylic acids is 2. The van der Waals surface area contributed by atoms with E-state index in [4.69, 9.17) is 5.11 Å². The van der Waals surface area contributed by atoms with Gasteiger partial charge in [-0.15, -0.1) is 0 Å². The summed E-state index contributed by atoms with van der Waals surface area (Å²) in [5.41, 5.74) is 0. The maximum atomic E-state index is 11.7. The molecule has 0 saturated carbocycles. The van der Waals surface area contributed by atoms with Crippen LogP contribution in [-0.4, -0.2) is 35.7 Å². The summed E-state index contributed by atoms with van der Waals surface area (Å²) in [7, 11) is 0. The van der Waals surface area contributed by atoms with Crippen molar-refractivity contribution in [3.8, 4) is 0 Å². The van der Waals surface area contributed by atoms with E-state index < -0.39 is 36.9 Å². The minimum atomic E-state index is -4.64. The molecule has 0 aliphatic rings. The molecule has 0 fully saturated rings. The van der Waals surface area contributed by atoms with Gasteiger partial charge in [-0.3, -0.25) is 9.59 Å². The second-order valence-electron chi connectivity index (χ2n) is 2.78. The van der Waals surface area contributed by atoms with Gasteiger partial charge in [-0.2, -0.15) is 13.2 Å². The third-order valence-electron chi connectivity index (χ3n) is 1.42. The maximum Gasteiger partial charge on any atom is 0.392 e. The highest BCUT2D eigenvalue weighted by molar-refractivity contribution is 5.97. The number of hydrogen-bond donors (Lipinski definition) is 1. The Balaban J connectivity index is 4.05. The molecule has 0 heterocycles. The van der Waals surface area contributed by atoms with Crippen molar-refractivity contribution < 1.29 is 32.6 Å². The Morgan fingerprint density at radius 2 is 1.93 bits per heavy atom. The van der Waals surface area contributed by atoms with E-state index in [2.05, 4.69) is 4.74 Å². The van der Waals surface area contributed by atoms with E-state index in [1.807, 2.05) is 0 Å². The number of carbonyl (C=O) groups is 2. The topological polar surface area (TPSA) is 63.6 Å². The molecule has 0 radical (unpaired) electrons. The molecule has 0 rings (SSSR count). The zero-order valence-corrected chi connectivity index (χ0v) is 8.00. The van der Waals surface area contributed by atoms with Gasteiger partial charge >= 0.3 is 12.1 Å². The molecule has 4 nitrogen and oxygen atoms in total. The number of ketones is 1. The van der Waals surface area contributed by atoms with E-state index in [0.717, 1.165) is 0 Å². The lowest BCUT2D eigenvalue weighted by molar-refractivity contribution is -0.164. The fourth-order valence-electron chi connectivity index (χ4n) is 0.805. The van der Waals surface area contributed by atoms with Gasteiger partial charge in [-0.1, -0.05) is 0 Å². The molecule has 0 aromatic heterocycles. The van der Waals surface area contributed by atoms with Gasteiger partial charge in [0.15, 0.2) is 5.78 Å². The second kappa shape index (κ2) is 5.69. The smallest absolute Gasteiger partial charge is 0.392 e. The number of hydrogen-bond acceptors (Lipinski definition) is 4. The quantitative estimate of drug-likeness (QED) is 0.559. The molecule has 0 aliphatic carbocycles. The number of esters is 1. The first kappa shape index (κ1) is 13.9. The highest BCUT2D eigenvalue weighted by Gasteiger charge is 2.34. The SMILES string of the molecule is CCOC(=O)CC(=O)C(O)CC(F)(F)F. The molecule has 0 amide bonds. The standard InChI is InChI=1S/C8H11F3O4/c1-2-15-7(14)3-5(12)6(13)4-8(9,10)11/h6,13H,2-4H2,1H3. The van der Waals surface area contributed by atoms with E-state index in [9.17, 15) is 22.8 Å². The predicted octanol–water partition coefficient (Wildman–Crippen LogP) is 0.822. The molecular formula is C8H11F3O4. The number of alkyl halides is 3. The molecule has 0 saturated heterocycles. The summed E-state index contributed by atoms with van der Waals surface area (Å²) >= 11 is 0. The average molecular weight is 228 g/mol. The van der Waals surface area contributed by atoms with Gasteiger partial charge in [0.1, 0.15) is 12.5 Å². The van der Waals surface area contributed by atoms with Crippen LogP contribution in [0.4, 0.5) is 13.2 Å². The highest BCUT2D eigenvalue weighted by atomic mass is 19.4. The van der Waals surface area contributed by atoms with Crippen LogP contribution in [-0.2, 0) is 14.3 Å². The molecule has 1 unspecified atom stereocenters. The van der Waals surface area contributed by atoms with Crippen molar-refractivity contribution in [3.63, 3.8) is 0 Å². The first-order chi connectivity index (χ1) is 6.76. The van der Waals surface area contributed by atoms with Crippen molar-refractivity contribution in [2.75, 3.05) is 6.61 Å². The summed E-state index contributed by atoms with van der Waals surface area (Å²) in [6.45, 7) is 1.52. The molecule has 7 heteroatoms. The second-order valence-corrected chi connectivity index (χ2v) is 2.78. The maximum absolute atomic E-state index is 11.7. The average Bonchev–Trinajstić information content (AvgIpc) is 2.00. The van der Waals surface area contributed by atoms with Gasteiger partial charge in [0, 0.05) is 0 Å². The number of rotatable bonds is 5. The Labute approximate surface area is 84.0 Å². The lowest BCUT2D eigenvalue weighted by Crippen LogP contribution is -2.29. The normalized spacial score (nSPS) is 13.4. The van der Waals surface area contributed by atoms with E-state index >= 15 is 0 Å². The van der Waals surface area contributed by atoms with E-state index in [0.29, 0.717) is 0 Å². The summed E-state index contributed by atoms with van der Waals surface area (Å²) in [5.74, 6) is -2.13. The molecule has 0 bridgehead atoms. The monoisotopic (exact) mass is 228 g/mol. The van der Waals surface area contributed by atoms with Crippen LogP contribution in [0.5, 0.6) is 0 Å². The number of aliphatic hydroxyl groups excluding tert-OH is 1. The van der Waals surface area contributed by atoms with Crippen molar-refractivity contribution in [3.05, 3.63) is 0 Å². The highest BCUT2D eigenvalue weighted by Crippen LogP contribution is 2.22. The Morgan fingerprint density at radius 3 is 2.33 bits per heavy atom. The number of aliphatic hydroxyl groups is 1. The van der Waals surface area contributed by atoms with Crippen LogP contribution in [0.25, 0.3) is 0 Å². The zero-order chi connectivity index (χ0) is 12.1. The van der Waals surface area contributed by atoms with Gasteiger partial charge < -0.3 is 9.84 Å². The van der Waals surface area contributed by atoms with Crippen molar-refractivity contribution >= 4 is 11.8 Å². The Morgan fingerprint density at radius 1 is 1.40 bits per heavy atom. The molecule has 0 spiro atoms. The third kappa shape index (κ3) is 6.89. The fraction of sp³-hybridized carbons (Fsp3) is 0.750. The van der Waals surface area contributed by atoms with E-state index in [-0.39, 0.29) is 6.61 Å². The molecular weight excluding hydrogens is 217 g/mol. The fourth-order valence-corrected chi connectivity index (χ4v) is 0.805. The van der Waals surface area contributed by atoms with Crippen LogP contribution in [0.15, 0.2) is 0 Å². The molecule has 15 heavy (non-hydrogen) atoms. The summed E-state index contributed by atoms with van der Waals surface area (Å²) in [4.78, 5) is 21.5. The van der Waals surface area contributed by atoms with Gasteiger partial charge in [-0.05, 0) is 6.92 Å². The summed E-state index contributed by atoms with van der Waals surface area (Å²) in [6, 6.07) is 0. The first-order valence-corrected chi connectivity index (χ1v) is 4.19. The van der Waals surface area contributed by atoms with Crippen molar-refractivity contribution in [1.29, 1.82) is 0 Å². The molecule has 1 N–H and O–H groups in total. The first-order valence-electron chi connectivity index (χ1n) is 4.19. The molecule has 0 aliphatic heterocycles. The summed E-state index contributed by atoms with van der Waals surface area (Å²) in [6.07, 6.45) is -9.32. The van der Waals surface area contributed by atoms with Gasteiger partial charge in [0.2, 0.25) is 0 Å². The third-order valence-corrected chi connectivity index (χ3v) is 1.42. The van der Waals surface area contributed by atoms with Crippen molar-refractivity contribution in [2.45, 2.75) is 32.0 Å². The van der Waals surface area contributed by atoms with Gasteiger partial charge in [0.25, 0.3) is 0 Å². The molecule has 1 atom stereocenters. The minimum Gasteiger partial charge on any atom is -0.466 e. The largest absolute Gasteiger partial charge is 0.466 e. The van der Waals surface area contributed by atoms with E-state index in [1.165, 1.54) is 6.92 Å². The zero-order valence-electron chi connectivity index (χ0n) is 8.00. The summed E-state index contributed by atoms with van der Waals surface area (Å²) < 4.78 is 39.5. The Hall–Kier alpha value is -1.11. The molecule has 0 aromatic carbocycles. The number of ether oxygens (including phenoxy) is 1. The lowest BCUT2D eigenvalue weighted by Gasteiger charge is -2.11. The number of halogens is 3. The summed E-state index contributed by atoms with van der Waals surface area (Å²) in [5, 5.41) is 8.79. The van der Waals surface area contributed by atoms with Crippen LogP contribution in [0.3, 0.4) is 0 Å². The molecule has 0 aromatic rings. The van der Waals surface area contributed by atoms with Crippen LogP contribution >= 0.6 is 0 Å². The lowest BCUT2D eigenvalue weighted by atomic mass is 10.1. The van der Waals surface area contributed by atoms with E-state index in [1.54, 1.807) is 0 Å². The van der Waals surface area contributed by atoms with Crippen LogP contribution in [0.2, 0.25) is 0 Å². The van der Waals surface area contributed by atoms with Gasteiger partial charge in [-0.25, -0.2) is 0 Å². The molecule has 88 valence electrons. The Bertz CT molecular complexity index is 237. The minimum absolute atomic E-state index is 0.0292. The number of Topliss-reactive ketones (excluding diaryl/α,β-unsaturated/α-hetero) is 1. The van der Waals surface area contributed by atoms with Gasteiger partial charge in [0.05, 0.1) is 13.0 Å². The predicted molar refractivity (Wildman–Crippen MR) is 42.9 cm³/mol. The van der Waals surface area contributed by atoms with Crippen molar-refractivity contribution in [1.82, 2.24) is 0 Å². The van der Waals surface area contributed by atoms with Crippen LogP contribution in [0.1, 0.15) is 19.8 Å². The van der Waals surface area contributed by atoms with Crippen molar-refractivity contribution in [2.24, 2.45) is 0 Å². The Kier molecular flexibility index (Phi) is 5.27.